The summed E-state index contributed by atoms with van der Waals surface area (Å²) in [5.74, 6) is -3.73. The van der Waals surface area contributed by atoms with Gasteiger partial charge in [0, 0.05) is 5.57 Å². The highest BCUT2D eigenvalue weighted by Crippen LogP contribution is 2.40. The molecule has 4 nitrogen and oxygen atoms in total. The number of rotatable bonds is 2. The topological polar surface area (TPSA) is 74.6 Å². The van der Waals surface area contributed by atoms with Gasteiger partial charge >= 0.3 is 0 Å². The van der Waals surface area contributed by atoms with E-state index < -0.39 is 40.0 Å². The number of carbonyl (C=O) groups excluding carboxylic acids is 2. The Hall–Kier alpha value is -2.69. The highest BCUT2D eigenvalue weighted by Gasteiger charge is 2.37. The van der Waals surface area contributed by atoms with Crippen LogP contribution < -0.4 is 0 Å². The Kier molecular flexibility index (Phi) is 3.06. The number of fused-ring (bicyclic) bond motifs is 1. The highest BCUT2D eigenvalue weighted by molar-refractivity contribution is 6.31. The van der Waals surface area contributed by atoms with Crippen molar-refractivity contribution >= 4 is 11.6 Å². The van der Waals surface area contributed by atoms with E-state index in [0.29, 0.717) is 0 Å². The maximum absolute atomic E-state index is 13.5. The number of halogens is 1. The number of benzene rings is 1. The summed E-state index contributed by atoms with van der Waals surface area (Å²) < 4.78 is 13.5. The van der Waals surface area contributed by atoms with Gasteiger partial charge in [0.15, 0.2) is 5.78 Å². The molecule has 0 aliphatic heterocycles. The average molecular weight is 274 g/mol. The first-order valence-corrected chi connectivity index (χ1v) is 5.66. The number of carbonyl (C=O) groups is 2. The van der Waals surface area contributed by atoms with Crippen molar-refractivity contribution in [3.05, 3.63) is 59.0 Å². The second-order valence-corrected chi connectivity index (χ2v) is 4.45. The van der Waals surface area contributed by atoms with Gasteiger partial charge in [-0.2, -0.15) is 0 Å². The second kappa shape index (κ2) is 4.45. The number of phenols is 2. The predicted octanol–water partition coefficient (Wildman–Crippen LogP) is 2.83. The van der Waals surface area contributed by atoms with Crippen LogP contribution in [0.15, 0.2) is 47.8 Å². The van der Waals surface area contributed by atoms with Gasteiger partial charge in [0.05, 0.1) is 16.7 Å². The first-order chi connectivity index (χ1) is 9.27. The molecule has 0 aromatic heterocycles. The zero-order chi connectivity index (χ0) is 15.2. The van der Waals surface area contributed by atoms with Gasteiger partial charge in [0.2, 0.25) is 5.78 Å². The molecule has 0 bridgehead atoms. The van der Waals surface area contributed by atoms with Crippen molar-refractivity contribution < 1.29 is 24.2 Å². The first-order valence-electron chi connectivity index (χ1n) is 5.66. The molecule has 0 amide bonds. The molecule has 0 atom stereocenters. The molecule has 0 saturated heterocycles. The molecular formula is C15H11FO4. The lowest BCUT2D eigenvalue weighted by Gasteiger charge is -2.21. The van der Waals surface area contributed by atoms with E-state index in [2.05, 4.69) is 13.2 Å². The lowest BCUT2D eigenvalue weighted by Crippen LogP contribution is -2.23. The summed E-state index contributed by atoms with van der Waals surface area (Å²) in [6.45, 7) is 8.02. The van der Waals surface area contributed by atoms with Crippen LogP contribution in [0.25, 0.3) is 0 Å². The number of aromatic hydroxyl groups is 2. The van der Waals surface area contributed by atoms with E-state index in [-0.39, 0.29) is 16.7 Å². The summed E-state index contributed by atoms with van der Waals surface area (Å²) in [4.78, 5) is 24.6. The van der Waals surface area contributed by atoms with E-state index in [1.807, 2.05) is 0 Å². The van der Waals surface area contributed by atoms with Crippen LogP contribution in [0.4, 0.5) is 4.39 Å². The second-order valence-electron chi connectivity index (χ2n) is 4.45. The van der Waals surface area contributed by atoms with Crippen LogP contribution >= 0.6 is 0 Å². The molecule has 0 unspecified atom stereocenters. The minimum absolute atomic E-state index is 0.172. The summed E-state index contributed by atoms with van der Waals surface area (Å²) in [5.41, 5.74) is -1.37. The van der Waals surface area contributed by atoms with E-state index in [0.717, 1.165) is 12.1 Å². The van der Waals surface area contributed by atoms with Gasteiger partial charge in [-0.1, -0.05) is 13.2 Å². The molecule has 5 heteroatoms. The van der Waals surface area contributed by atoms with Gasteiger partial charge in [-0.25, -0.2) is 4.39 Å². The van der Waals surface area contributed by atoms with Crippen molar-refractivity contribution in [2.75, 3.05) is 0 Å². The molecule has 0 fully saturated rings. The summed E-state index contributed by atoms with van der Waals surface area (Å²) in [5, 5.41) is 19.5. The Balaban J connectivity index is 2.91. The smallest absolute Gasteiger partial charge is 0.201 e. The quantitative estimate of drug-likeness (QED) is 0.813. The Morgan fingerprint density at radius 1 is 1.00 bits per heavy atom. The predicted molar refractivity (Wildman–Crippen MR) is 70.5 cm³/mol. The number of hydrogen-bond donors (Lipinski definition) is 2. The third-order valence-electron chi connectivity index (χ3n) is 3.02. The van der Waals surface area contributed by atoms with Gasteiger partial charge < -0.3 is 10.2 Å². The van der Waals surface area contributed by atoms with Crippen molar-refractivity contribution in [2.24, 2.45) is 0 Å². The monoisotopic (exact) mass is 274 g/mol. The molecule has 102 valence electrons. The molecule has 0 saturated carbocycles. The summed E-state index contributed by atoms with van der Waals surface area (Å²) in [6.07, 6.45) is 0. The molecule has 0 radical (unpaired) electrons. The average Bonchev–Trinajstić information content (AvgIpc) is 2.35. The van der Waals surface area contributed by atoms with Crippen LogP contribution in [0.5, 0.6) is 11.5 Å². The fourth-order valence-electron chi connectivity index (χ4n) is 2.18. The molecule has 0 spiro atoms. The number of allylic oxidation sites excluding steroid dienone is 4. The van der Waals surface area contributed by atoms with Crippen molar-refractivity contribution in [3.63, 3.8) is 0 Å². The molecule has 2 rings (SSSR count). The van der Waals surface area contributed by atoms with Crippen LogP contribution in [-0.4, -0.2) is 21.8 Å². The Labute approximate surface area is 114 Å². The van der Waals surface area contributed by atoms with E-state index in [1.165, 1.54) is 6.92 Å². The van der Waals surface area contributed by atoms with Gasteiger partial charge in [0.1, 0.15) is 17.3 Å². The van der Waals surface area contributed by atoms with Crippen LogP contribution in [0, 0.1) is 0 Å². The number of phenolic OH excluding ortho intramolecular Hbond substituents is 2. The standard InChI is InChI=1S/C15H11FO4/c1-6(2)10-11(7(3)16)15(20)13-9(18)5-4-8(17)12(13)14(10)19/h4-5,17-18H,1,3H2,2H3. The summed E-state index contributed by atoms with van der Waals surface area (Å²) in [7, 11) is 0. The first kappa shape index (κ1) is 13.7. The SMILES string of the molecule is C=C(C)C1=C(C(=C)F)C(=O)c2c(O)ccc(O)c2C1=O. The number of ketones is 2. The van der Waals surface area contributed by atoms with Gasteiger partial charge in [0.25, 0.3) is 0 Å². The molecular weight excluding hydrogens is 263 g/mol. The van der Waals surface area contributed by atoms with E-state index in [9.17, 15) is 24.2 Å². The molecule has 2 N–H and O–H groups in total. The third kappa shape index (κ3) is 1.75. The van der Waals surface area contributed by atoms with Crippen molar-refractivity contribution in [1.82, 2.24) is 0 Å². The number of Topliss-reactive ketones (excluding diaryl/α,β-unsaturated/α-hetero) is 2. The van der Waals surface area contributed by atoms with Crippen molar-refractivity contribution in [2.45, 2.75) is 6.92 Å². The minimum atomic E-state index is -1.09. The third-order valence-corrected chi connectivity index (χ3v) is 3.02. The lowest BCUT2D eigenvalue weighted by atomic mass is 9.80. The zero-order valence-corrected chi connectivity index (χ0v) is 10.7. The minimum Gasteiger partial charge on any atom is -0.507 e. The number of hydrogen-bond acceptors (Lipinski definition) is 4. The Morgan fingerprint density at radius 2 is 1.40 bits per heavy atom. The van der Waals surface area contributed by atoms with Crippen molar-refractivity contribution in [3.8, 4) is 11.5 Å². The summed E-state index contributed by atoms with van der Waals surface area (Å²) in [6, 6.07) is 2.15. The molecule has 0 heterocycles. The molecule has 1 aliphatic carbocycles. The maximum atomic E-state index is 13.5. The van der Waals surface area contributed by atoms with Gasteiger partial charge in [-0.3, -0.25) is 9.59 Å². The van der Waals surface area contributed by atoms with Crippen LogP contribution in [0.2, 0.25) is 0 Å². The zero-order valence-electron chi connectivity index (χ0n) is 10.7. The van der Waals surface area contributed by atoms with Crippen LogP contribution in [0.1, 0.15) is 27.6 Å². The lowest BCUT2D eigenvalue weighted by molar-refractivity contribution is 0.0971. The summed E-state index contributed by atoms with van der Waals surface area (Å²) >= 11 is 0. The van der Waals surface area contributed by atoms with Crippen LogP contribution in [-0.2, 0) is 0 Å². The normalized spacial score (nSPS) is 14.3. The van der Waals surface area contributed by atoms with Gasteiger partial charge in [-0.05, 0) is 24.6 Å². The van der Waals surface area contributed by atoms with Crippen molar-refractivity contribution in [1.29, 1.82) is 0 Å². The Bertz CT molecular complexity index is 665. The van der Waals surface area contributed by atoms with Gasteiger partial charge in [-0.15, -0.1) is 0 Å². The Morgan fingerprint density at radius 3 is 1.75 bits per heavy atom. The molecule has 1 aromatic carbocycles. The maximum Gasteiger partial charge on any atom is 0.201 e. The molecule has 20 heavy (non-hydrogen) atoms. The van der Waals surface area contributed by atoms with E-state index >= 15 is 0 Å². The van der Waals surface area contributed by atoms with E-state index in [4.69, 9.17) is 0 Å². The highest BCUT2D eigenvalue weighted by atomic mass is 19.1. The van der Waals surface area contributed by atoms with Crippen LogP contribution in [0.3, 0.4) is 0 Å². The fourth-order valence-corrected chi connectivity index (χ4v) is 2.18. The molecule has 1 aromatic rings. The largest absolute Gasteiger partial charge is 0.507 e. The molecule has 1 aliphatic rings. The fraction of sp³-hybridized carbons (Fsp3) is 0.0667. The van der Waals surface area contributed by atoms with E-state index in [1.54, 1.807) is 0 Å².